The molecule has 1 heterocycles. The SMILES string of the molecule is Cc1ccc(C)c(N2CCN(C(=O)NC(CC(=O)O)c3ccccc3)CC2)c1. The van der Waals surface area contributed by atoms with Gasteiger partial charge in [0.25, 0.3) is 0 Å². The van der Waals surface area contributed by atoms with E-state index in [9.17, 15) is 14.7 Å². The number of rotatable bonds is 5. The monoisotopic (exact) mass is 381 g/mol. The minimum Gasteiger partial charge on any atom is -0.481 e. The van der Waals surface area contributed by atoms with Gasteiger partial charge < -0.3 is 20.2 Å². The van der Waals surface area contributed by atoms with Crippen LogP contribution >= 0.6 is 0 Å². The van der Waals surface area contributed by atoms with Crippen molar-refractivity contribution in [3.63, 3.8) is 0 Å². The van der Waals surface area contributed by atoms with E-state index in [-0.39, 0.29) is 12.5 Å². The second-order valence-electron chi connectivity index (χ2n) is 7.27. The molecule has 3 rings (SSSR count). The predicted molar refractivity (Wildman–Crippen MR) is 110 cm³/mol. The zero-order valence-corrected chi connectivity index (χ0v) is 16.4. The number of carbonyl (C=O) groups excluding carboxylic acids is 1. The fourth-order valence-electron chi connectivity index (χ4n) is 3.56. The molecule has 1 fully saturated rings. The average molecular weight is 381 g/mol. The molecule has 1 aliphatic rings. The van der Waals surface area contributed by atoms with E-state index in [0.717, 1.165) is 18.7 Å². The summed E-state index contributed by atoms with van der Waals surface area (Å²) in [6.07, 6.45) is -0.141. The van der Waals surface area contributed by atoms with E-state index in [1.54, 1.807) is 4.90 Å². The molecule has 0 radical (unpaired) electrons. The van der Waals surface area contributed by atoms with Crippen molar-refractivity contribution in [1.29, 1.82) is 0 Å². The molecule has 1 unspecified atom stereocenters. The number of carboxylic acids is 1. The molecule has 28 heavy (non-hydrogen) atoms. The third-order valence-corrected chi connectivity index (χ3v) is 5.15. The maximum Gasteiger partial charge on any atom is 0.318 e. The first-order valence-corrected chi connectivity index (χ1v) is 9.58. The zero-order chi connectivity index (χ0) is 20.1. The molecule has 0 bridgehead atoms. The topological polar surface area (TPSA) is 72.9 Å². The first kappa shape index (κ1) is 19.7. The van der Waals surface area contributed by atoms with Crippen LogP contribution in [0.1, 0.15) is 29.2 Å². The fraction of sp³-hybridized carbons (Fsp3) is 0.364. The summed E-state index contributed by atoms with van der Waals surface area (Å²) in [6, 6.07) is 14.9. The van der Waals surface area contributed by atoms with Crippen molar-refractivity contribution in [2.75, 3.05) is 31.1 Å². The van der Waals surface area contributed by atoms with Gasteiger partial charge >= 0.3 is 12.0 Å². The van der Waals surface area contributed by atoms with Crippen LogP contribution in [0.25, 0.3) is 0 Å². The van der Waals surface area contributed by atoms with Crippen molar-refractivity contribution in [3.05, 3.63) is 65.2 Å². The van der Waals surface area contributed by atoms with Crippen LogP contribution in [0, 0.1) is 13.8 Å². The van der Waals surface area contributed by atoms with Gasteiger partial charge in [0.1, 0.15) is 0 Å². The predicted octanol–water partition coefficient (Wildman–Crippen LogP) is 3.35. The molecular weight excluding hydrogens is 354 g/mol. The van der Waals surface area contributed by atoms with Crippen molar-refractivity contribution in [2.24, 2.45) is 0 Å². The molecule has 148 valence electrons. The molecule has 2 N–H and O–H groups in total. The highest BCUT2D eigenvalue weighted by molar-refractivity contribution is 5.76. The molecule has 6 nitrogen and oxygen atoms in total. The van der Waals surface area contributed by atoms with Crippen molar-refractivity contribution >= 4 is 17.7 Å². The van der Waals surface area contributed by atoms with E-state index in [4.69, 9.17) is 0 Å². The van der Waals surface area contributed by atoms with Crippen molar-refractivity contribution < 1.29 is 14.7 Å². The van der Waals surface area contributed by atoms with Crippen LogP contribution < -0.4 is 10.2 Å². The lowest BCUT2D eigenvalue weighted by Gasteiger charge is -2.37. The zero-order valence-electron chi connectivity index (χ0n) is 16.4. The molecule has 1 atom stereocenters. The third kappa shape index (κ3) is 4.82. The van der Waals surface area contributed by atoms with Crippen LogP contribution in [0.3, 0.4) is 0 Å². The van der Waals surface area contributed by atoms with E-state index in [1.165, 1.54) is 16.8 Å². The highest BCUT2D eigenvalue weighted by Gasteiger charge is 2.25. The number of piperazine rings is 1. The van der Waals surface area contributed by atoms with Crippen LogP contribution in [0.2, 0.25) is 0 Å². The maximum absolute atomic E-state index is 12.7. The summed E-state index contributed by atoms with van der Waals surface area (Å²) in [7, 11) is 0. The number of amides is 2. The molecule has 0 aliphatic carbocycles. The largest absolute Gasteiger partial charge is 0.481 e. The summed E-state index contributed by atoms with van der Waals surface area (Å²) in [5.74, 6) is -0.936. The number of aryl methyl sites for hydroxylation is 2. The molecule has 2 aromatic rings. The Morgan fingerprint density at radius 1 is 1.04 bits per heavy atom. The summed E-state index contributed by atoms with van der Waals surface area (Å²) in [4.78, 5) is 28.0. The van der Waals surface area contributed by atoms with Gasteiger partial charge in [-0.1, -0.05) is 42.5 Å². The minimum absolute atomic E-state index is 0.141. The van der Waals surface area contributed by atoms with Crippen molar-refractivity contribution in [2.45, 2.75) is 26.3 Å². The maximum atomic E-state index is 12.7. The van der Waals surface area contributed by atoms with E-state index in [0.29, 0.717) is 13.1 Å². The van der Waals surface area contributed by atoms with Gasteiger partial charge in [0, 0.05) is 31.9 Å². The first-order chi connectivity index (χ1) is 13.4. The van der Waals surface area contributed by atoms with Gasteiger partial charge in [-0.15, -0.1) is 0 Å². The fourth-order valence-corrected chi connectivity index (χ4v) is 3.56. The van der Waals surface area contributed by atoms with Crippen LogP contribution in [0.4, 0.5) is 10.5 Å². The highest BCUT2D eigenvalue weighted by Crippen LogP contribution is 2.23. The summed E-state index contributed by atoms with van der Waals surface area (Å²) in [5.41, 5.74) is 4.47. The Labute approximate surface area is 165 Å². The van der Waals surface area contributed by atoms with Gasteiger partial charge in [0.15, 0.2) is 0 Å². The number of carbonyl (C=O) groups is 2. The molecule has 1 aliphatic heterocycles. The number of benzene rings is 2. The van der Waals surface area contributed by atoms with Crippen molar-refractivity contribution in [3.8, 4) is 0 Å². The molecule has 0 spiro atoms. The van der Waals surface area contributed by atoms with Crippen LogP contribution in [-0.4, -0.2) is 48.2 Å². The average Bonchev–Trinajstić information content (AvgIpc) is 2.70. The molecule has 0 saturated carbocycles. The number of aliphatic carboxylic acids is 1. The Hall–Kier alpha value is -3.02. The summed E-state index contributed by atoms with van der Waals surface area (Å²) in [5, 5.41) is 12.1. The summed E-state index contributed by atoms with van der Waals surface area (Å²) < 4.78 is 0. The molecule has 2 aromatic carbocycles. The van der Waals surface area contributed by atoms with E-state index in [2.05, 4.69) is 42.3 Å². The highest BCUT2D eigenvalue weighted by atomic mass is 16.4. The number of anilines is 1. The smallest absolute Gasteiger partial charge is 0.318 e. The number of nitrogens with one attached hydrogen (secondary N) is 1. The van der Waals surface area contributed by atoms with Crippen molar-refractivity contribution in [1.82, 2.24) is 10.2 Å². The van der Waals surface area contributed by atoms with Gasteiger partial charge in [-0.05, 0) is 36.6 Å². The number of hydrogen-bond donors (Lipinski definition) is 2. The van der Waals surface area contributed by atoms with Gasteiger partial charge in [0.2, 0.25) is 0 Å². The van der Waals surface area contributed by atoms with E-state index in [1.807, 2.05) is 30.3 Å². The second-order valence-corrected chi connectivity index (χ2v) is 7.27. The standard InChI is InChI=1S/C22H27N3O3/c1-16-8-9-17(2)20(14-16)24-10-12-25(13-11-24)22(28)23-19(15-21(26)27)18-6-4-3-5-7-18/h3-9,14,19H,10-13,15H2,1-2H3,(H,23,28)(H,26,27). The first-order valence-electron chi connectivity index (χ1n) is 9.58. The van der Waals surface area contributed by atoms with Crippen LogP contribution in [0.5, 0.6) is 0 Å². The summed E-state index contributed by atoms with van der Waals surface area (Å²) >= 11 is 0. The van der Waals surface area contributed by atoms with Gasteiger partial charge in [-0.2, -0.15) is 0 Å². The van der Waals surface area contributed by atoms with E-state index < -0.39 is 12.0 Å². The Morgan fingerprint density at radius 3 is 2.36 bits per heavy atom. The number of nitrogens with zero attached hydrogens (tertiary/aromatic N) is 2. The molecule has 1 saturated heterocycles. The minimum atomic E-state index is -0.936. The molecule has 2 amide bonds. The molecule has 6 heteroatoms. The Kier molecular flexibility index (Phi) is 6.19. The Balaban J connectivity index is 1.62. The van der Waals surface area contributed by atoms with Gasteiger partial charge in [-0.25, -0.2) is 4.79 Å². The van der Waals surface area contributed by atoms with Gasteiger partial charge in [0.05, 0.1) is 12.5 Å². The number of hydrogen-bond acceptors (Lipinski definition) is 3. The van der Waals surface area contributed by atoms with Gasteiger partial charge in [-0.3, -0.25) is 4.79 Å². The second kappa shape index (κ2) is 8.78. The molecule has 0 aromatic heterocycles. The third-order valence-electron chi connectivity index (χ3n) is 5.15. The lowest BCUT2D eigenvalue weighted by molar-refractivity contribution is -0.137. The lowest BCUT2D eigenvalue weighted by Crippen LogP contribution is -2.52. The lowest BCUT2D eigenvalue weighted by atomic mass is 10.0. The Morgan fingerprint density at radius 2 is 1.71 bits per heavy atom. The van der Waals surface area contributed by atoms with E-state index >= 15 is 0 Å². The van der Waals surface area contributed by atoms with Crippen LogP contribution in [-0.2, 0) is 4.79 Å². The molecular formula is C22H27N3O3. The summed E-state index contributed by atoms with van der Waals surface area (Å²) in [6.45, 7) is 6.91. The normalized spacial score (nSPS) is 15.2. The Bertz CT molecular complexity index is 830. The number of urea groups is 1. The number of carboxylic acid groups (broad SMARTS) is 1. The quantitative estimate of drug-likeness (QED) is 0.833. The van der Waals surface area contributed by atoms with Crippen LogP contribution in [0.15, 0.2) is 48.5 Å².